The summed E-state index contributed by atoms with van der Waals surface area (Å²) < 4.78 is 47.3. The first-order chi connectivity index (χ1) is 7.33. The zero-order valence-electron chi connectivity index (χ0n) is 9.22. The van der Waals surface area contributed by atoms with Crippen molar-refractivity contribution in [1.29, 1.82) is 0 Å². The van der Waals surface area contributed by atoms with E-state index in [9.17, 15) is 16.8 Å². The van der Waals surface area contributed by atoms with Crippen LogP contribution in [0.3, 0.4) is 0 Å². The molecule has 5 nitrogen and oxygen atoms in total. The zero-order chi connectivity index (χ0) is 12.0. The van der Waals surface area contributed by atoms with Gasteiger partial charge < -0.3 is 5.32 Å². The molecule has 2 aliphatic rings. The van der Waals surface area contributed by atoms with Crippen LogP contribution < -0.4 is 5.32 Å². The number of fused-ring (bicyclic) bond motifs is 1. The van der Waals surface area contributed by atoms with Gasteiger partial charge in [0, 0.05) is 6.04 Å². The van der Waals surface area contributed by atoms with Crippen LogP contribution in [0.1, 0.15) is 19.8 Å². The zero-order valence-corrected chi connectivity index (χ0v) is 10.9. The summed E-state index contributed by atoms with van der Waals surface area (Å²) in [5, 5.41) is 1.98. The van der Waals surface area contributed by atoms with Gasteiger partial charge in [0.15, 0.2) is 19.7 Å². The molecule has 2 heterocycles. The Hall–Kier alpha value is -0.140. The Balaban J connectivity index is 2.38. The van der Waals surface area contributed by atoms with Crippen molar-refractivity contribution in [1.82, 2.24) is 5.32 Å². The Labute approximate surface area is 96.4 Å². The minimum absolute atomic E-state index is 0.102. The second-order valence-electron chi connectivity index (χ2n) is 4.69. The van der Waals surface area contributed by atoms with Gasteiger partial charge in [-0.15, -0.1) is 0 Å². The molecule has 0 bridgehead atoms. The first kappa shape index (κ1) is 12.3. The van der Waals surface area contributed by atoms with Gasteiger partial charge in [0.1, 0.15) is 0 Å². The maximum atomic E-state index is 12.2. The summed E-state index contributed by atoms with van der Waals surface area (Å²) in [6, 6.07) is -0.182. The lowest BCUT2D eigenvalue weighted by Gasteiger charge is -2.30. The molecule has 0 radical (unpaired) electrons. The van der Waals surface area contributed by atoms with Gasteiger partial charge in [-0.2, -0.15) is 0 Å². The summed E-state index contributed by atoms with van der Waals surface area (Å²) in [5.41, 5.74) is 0. The van der Waals surface area contributed by atoms with Gasteiger partial charge in [0.2, 0.25) is 0 Å². The quantitative estimate of drug-likeness (QED) is 0.630. The molecule has 16 heavy (non-hydrogen) atoms. The third-order valence-corrected chi connectivity index (χ3v) is 8.18. The van der Waals surface area contributed by atoms with Crippen LogP contribution in [0.4, 0.5) is 0 Å². The van der Waals surface area contributed by atoms with Crippen LogP contribution in [0.5, 0.6) is 0 Å². The van der Waals surface area contributed by atoms with Crippen LogP contribution >= 0.6 is 0 Å². The summed E-state index contributed by atoms with van der Waals surface area (Å²) >= 11 is 0. The lowest BCUT2D eigenvalue weighted by Crippen LogP contribution is -2.51. The van der Waals surface area contributed by atoms with Crippen molar-refractivity contribution in [2.75, 3.05) is 18.1 Å². The van der Waals surface area contributed by atoms with Gasteiger partial charge in [0.05, 0.1) is 22.0 Å². The standard InChI is InChI=1S/C9H17NO4S2/c1-7-2-4-10-8-3-5-15(11,12)6-9(8)16(7,13)14/h7-10H,2-6H2,1H3. The van der Waals surface area contributed by atoms with Crippen molar-refractivity contribution in [3.05, 3.63) is 0 Å². The number of hydrogen-bond donors (Lipinski definition) is 1. The lowest BCUT2D eigenvalue weighted by molar-refractivity contribution is 0.468. The van der Waals surface area contributed by atoms with Crippen molar-refractivity contribution >= 4 is 19.7 Å². The Bertz CT molecular complexity index is 468. The normalized spacial score (nSPS) is 41.9. The first-order valence-corrected chi connectivity index (χ1v) is 8.92. The molecular weight excluding hydrogens is 250 g/mol. The Morgan fingerprint density at radius 2 is 1.81 bits per heavy atom. The smallest absolute Gasteiger partial charge is 0.158 e. The minimum atomic E-state index is -3.31. The molecule has 0 aliphatic carbocycles. The summed E-state index contributed by atoms with van der Waals surface area (Å²) in [5.74, 6) is -0.109. The molecule has 0 spiro atoms. The van der Waals surface area contributed by atoms with Gasteiger partial charge in [-0.3, -0.25) is 0 Å². The van der Waals surface area contributed by atoms with Crippen molar-refractivity contribution < 1.29 is 16.8 Å². The van der Waals surface area contributed by atoms with Gasteiger partial charge in [-0.1, -0.05) is 0 Å². The average Bonchev–Trinajstić information content (AvgIpc) is 2.27. The second-order valence-corrected chi connectivity index (χ2v) is 9.51. The van der Waals surface area contributed by atoms with E-state index in [4.69, 9.17) is 0 Å². The van der Waals surface area contributed by atoms with E-state index >= 15 is 0 Å². The van der Waals surface area contributed by atoms with Gasteiger partial charge in [-0.05, 0) is 26.3 Å². The Kier molecular flexibility index (Phi) is 3.05. The molecule has 94 valence electrons. The van der Waals surface area contributed by atoms with E-state index in [0.29, 0.717) is 19.4 Å². The second kappa shape index (κ2) is 3.96. The highest BCUT2D eigenvalue weighted by Crippen LogP contribution is 2.26. The molecule has 0 aromatic rings. The van der Waals surface area contributed by atoms with E-state index in [1.807, 2.05) is 0 Å². The van der Waals surface area contributed by atoms with Gasteiger partial charge in [-0.25, -0.2) is 16.8 Å². The predicted octanol–water partition coefficient (Wildman–Crippen LogP) is -0.661. The lowest BCUT2D eigenvalue weighted by atomic mass is 10.1. The van der Waals surface area contributed by atoms with Gasteiger partial charge >= 0.3 is 0 Å². The summed E-state index contributed by atoms with van der Waals surface area (Å²) in [4.78, 5) is 0. The summed E-state index contributed by atoms with van der Waals surface area (Å²) in [7, 11) is -6.49. The van der Waals surface area contributed by atoms with E-state index < -0.39 is 30.2 Å². The third-order valence-electron chi connectivity index (χ3n) is 3.55. The number of hydrogen-bond acceptors (Lipinski definition) is 5. The molecule has 2 saturated heterocycles. The van der Waals surface area contributed by atoms with Crippen molar-refractivity contribution in [3.63, 3.8) is 0 Å². The fourth-order valence-corrected chi connectivity index (χ4v) is 7.06. The van der Waals surface area contributed by atoms with Crippen LogP contribution in [0, 0.1) is 0 Å². The van der Waals surface area contributed by atoms with Crippen LogP contribution in [0.15, 0.2) is 0 Å². The fraction of sp³-hybridized carbons (Fsp3) is 1.00. The van der Waals surface area contributed by atoms with Crippen LogP contribution in [0.2, 0.25) is 0 Å². The van der Waals surface area contributed by atoms with E-state index in [0.717, 1.165) is 0 Å². The third kappa shape index (κ3) is 2.12. The summed E-state index contributed by atoms with van der Waals surface area (Å²) in [6.07, 6.45) is 0.980. The SMILES string of the molecule is CC1CCNC2CCS(=O)(=O)CC2S1(=O)=O. The number of sulfone groups is 2. The van der Waals surface area contributed by atoms with E-state index in [1.54, 1.807) is 6.92 Å². The molecule has 0 saturated carbocycles. The maximum Gasteiger partial charge on any atom is 0.158 e. The maximum absolute atomic E-state index is 12.2. The molecule has 2 aliphatic heterocycles. The van der Waals surface area contributed by atoms with Crippen molar-refractivity contribution in [2.24, 2.45) is 0 Å². The van der Waals surface area contributed by atoms with Crippen molar-refractivity contribution in [3.8, 4) is 0 Å². The molecule has 3 unspecified atom stereocenters. The largest absolute Gasteiger partial charge is 0.313 e. The van der Waals surface area contributed by atoms with E-state index in [2.05, 4.69) is 5.32 Å². The molecular formula is C9H17NO4S2. The number of nitrogens with one attached hydrogen (secondary N) is 1. The molecule has 1 N–H and O–H groups in total. The van der Waals surface area contributed by atoms with Gasteiger partial charge in [0.25, 0.3) is 0 Å². The average molecular weight is 267 g/mol. The van der Waals surface area contributed by atoms with Crippen LogP contribution in [-0.4, -0.2) is 51.4 Å². The van der Waals surface area contributed by atoms with Crippen LogP contribution in [-0.2, 0) is 19.7 Å². The predicted molar refractivity (Wildman–Crippen MR) is 61.8 cm³/mol. The Morgan fingerprint density at radius 3 is 2.50 bits per heavy atom. The first-order valence-electron chi connectivity index (χ1n) is 5.49. The van der Waals surface area contributed by atoms with Crippen molar-refractivity contribution in [2.45, 2.75) is 36.3 Å². The molecule has 3 atom stereocenters. The fourth-order valence-electron chi connectivity index (χ4n) is 2.43. The molecule has 7 heteroatoms. The van der Waals surface area contributed by atoms with E-state index in [-0.39, 0.29) is 17.5 Å². The molecule has 0 aromatic carbocycles. The highest BCUT2D eigenvalue weighted by molar-refractivity contribution is 7.96. The highest BCUT2D eigenvalue weighted by atomic mass is 32.2. The topological polar surface area (TPSA) is 80.3 Å². The number of rotatable bonds is 0. The van der Waals surface area contributed by atoms with E-state index in [1.165, 1.54) is 0 Å². The molecule has 0 amide bonds. The monoisotopic (exact) mass is 267 g/mol. The molecule has 2 rings (SSSR count). The summed E-state index contributed by atoms with van der Waals surface area (Å²) in [6.45, 7) is 2.32. The van der Waals surface area contributed by atoms with Crippen LogP contribution in [0.25, 0.3) is 0 Å². The highest BCUT2D eigenvalue weighted by Gasteiger charge is 2.44. The Morgan fingerprint density at radius 1 is 1.12 bits per heavy atom. The molecule has 2 fully saturated rings. The minimum Gasteiger partial charge on any atom is -0.313 e. The molecule has 0 aromatic heterocycles.